The standard InChI is InChI=1S/C16H30N4/c1-6-8-15-11-14(13-17-2)12-16(18-15)20(5)10-7-9-19(3)4/h11-12,17H,6-10,13H2,1-5H3. The van der Waals surface area contributed by atoms with Crippen molar-refractivity contribution in [1.29, 1.82) is 0 Å². The van der Waals surface area contributed by atoms with Crippen LogP contribution in [-0.4, -0.2) is 51.2 Å². The van der Waals surface area contributed by atoms with Gasteiger partial charge in [-0.15, -0.1) is 0 Å². The summed E-state index contributed by atoms with van der Waals surface area (Å²) in [5.41, 5.74) is 2.52. The van der Waals surface area contributed by atoms with E-state index in [1.54, 1.807) is 0 Å². The van der Waals surface area contributed by atoms with Gasteiger partial charge in [0.2, 0.25) is 0 Å². The number of nitrogens with one attached hydrogen (secondary N) is 1. The molecule has 0 fully saturated rings. The fraction of sp³-hybridized carbons (Fsp3) is 0.688. The van der Waals surface area contributed by atoms with Crippen LogP contribution in [0.3, 0.4) is 0 Å². The van der Waals surface area contributed by atoms with E-state index in [-0.39, 0.29) is 0 Å². The van der Waals surface area contributed by atoms with Crippen LogP contribution in [0.1, 0.15) is 31.0 Å². The quantitative estimate of drug-likeness (QED) is 0.750. The van der Waals surface area contributed by atoms with Gasteiger partial charge in [0, 0.05) is 25.8 Å². The fourth-order valence-corrected chi connectivity index (χ4v) is 2.26. The minimum atomic E-state index is 0.901. The van der Waals surface area contributed by atoms with Crippen molar-refractivity contribution in [2.24, 2.45) is 0 Å². The maximum atomic E-state index is 4.79. The number of anilines is 1. The summed E-state index contributed by atoms with van der Waals surface area (Å²) in [6.45, 7) is 5.26. The summed E-state index contributed by atoms with van der Waals surface area (Å²) in [5, 5.41) is 3.22. The van der Waals surface area contributed by atoms with Crippen LogP contribution in [0.4, 0.5) is 5.82 Å². The average Bonchev–Trinajstić information content (AvgIpc) is 2.38. The van der Waals surface area contributed by atoms with Crippen molar-refractivity contribution in [2.75, 3.05) is 46.2 Å². The Morgan fingerprint density at radius 2 is 1.90 bits per heavy atom. The van der Waals surface area contributed by atoms with Crippen molar-refractivity contribution in [3.8, 4) is 0 Å². The summed E-state index contributed by atoms with van der Waals surface area (Å²) in [6.07, 6.45) is 3.35. The van der Waals surface area contributed by atoms with Crippen LogP contribution in [0.15, 0.2) is 12.1 Å². The lowest BCUT2D eigenvalue weighted by molar-refractivity contribution is 0.401. The molecule has 0 spiro atoms. The van der Waals surface area contributed by atoms with Gasteiger partial charge in [0.25, 0.3) is 0 Å². The smallest absolute Gasteiger partial charge is 0.128 e. The van der Waals surface area contributed by atoms with Gasteiger partial charge in [-0.05, 0) is 58.2 Å². The van der Waals surface area contributed by atoms with Crippen molar-refractivity contribution in [2.45, 2.75) is 32.7 Å². The molecule has 0 atom stereocenters. The molecule has 1 aromatic rings. The SMILES string of the molecule is CCCc1cc(CNC)cc(N(C)CCCN(C)C)n1. The van der Waals surface area contributed by atoms with Gasteiger partial charge in [-0.3, -0.25) is 0 Å². The number of rotatable bonds is 9. The van der Waals surface area contributed by atoms with Crippen LogP contribution in [0, 0.1) is 0 Å². The predicted molar refractivity (Wildman–Crippen MR) is 87.4 cm³/mol. The first kappa shape index (κ1) is 16.9. The monoisotopic (exact) mass is 278 g/mol. The molecule has 1 heterocycles. The molecule has 0 radical (unpaired) electrons. The normalized spacial score (nSPS) is 11.1. The third kappa shape index (κ3) is 5.88. The summed E-state index contributed by atoms with van der Waals surface area (Å²) in [7, 11) is 8.35. The molecule has 0 aliphatic heterocycles. The van der Waals surface area contributed by atoms with Crippen LogP contribution in [-0.2, 0) is 13.0 Å². The van der Waals surface area contributed by atoms with E-state index in [1.807, 2.05) is 7.05 Å². The van der Waals surface area contributed by atoms with Gasteiger partial charge in [-0.1, -0.05) is 13.3 Å². The molecule has 0 saturated carbocycles. The van der Waals surface area contributed by atoms with Crippen molar-refractivity contribution < 1.29 is 0 Å². The summed E-state index contributed by atoms with van der Waals surface area (Å²) >= 11 is 0. The lowest BCUT2D eigenvalue weighted by atomic mass is 10.1. The van der Waals surface area contributed by atoms with Gasteiger partial charge in [0.1, 0.15) is 5.82 Å². The van der Waals surface area contributed by atoms with E-state index >= 15 is 0 Å². The topological polar surface area (TPSA) is 31.4 Å². The molecule has 114 valence electrons. The largest absolute Gasteiger partial charge is 0.360 e. The maximum Gasteiger partial charge on any atom is 0.128 e. The number of aromatic nitrogens is 1. The van der Waals surface area contributed by atoms with Gasteiger partial charge in [-0.25, -0.2) is 4.98 Å². The van der Waals surface area contributed by atoms with E-state index in [0.29, 0.717) is 0 Å². The summed E-state index contributed by atoms with van der Waals surface area (Å²) < 4.78 is 0. The number of aryl methyl sites for hydroxylation is 1. The lowest BCUT2D eigenvalue weighted by Crippen LogP contribution is -2.24. The van der Waals surface area contributed by atoms with Crippen molar-refractivity contribution in [3.63, 3.8) is 0 Å². The highest BCUT2D eigenvalue weighted by Crippen LogP contribution is 2.15. The molecule has 4 heteroatoms. The van der Waals surface area contributed by atoms with E-state index in [4.69, 9.17) is 4.98 Å². The summed E-state index contributed by atoms with van der Waals surface area (Å²) in [4.78, 5) is 9.28. The Hall–Kier alpha value is -1.13. The minimum Gasteiger partial charge on any atom is -0.360 e. The van der Waals surface area contributed by atoms with E-state index in [1.165, 1.54) is 11.3 Å². The number of pyridine rings is 1. The van der Waals surface area contributed by atoms with Crippen molar-refractivity contribution in [3.05, 3.63) is 23.4 Å². The highest BCUT2D eigenvalue weighted by molar-refractivity contribution is 5.42. The molecular weight excluding hydrogens is 248 g/mol. The Kier molecular flexibility index (Phi) is 7.55. The molecular formula is C16H30N4. The zero-order valence-electron chi connectivity index (χ0n) is 13.7. The highest BCUT2D eigenvalue weighted by atomic mass is 15.2. The first-order valence-corrected chi connectivity index (χ1v) is 7.57. The summed E-state index contributed by atoms with van der Waals surface area (Å²) in [5.74, 6) is 1.10. The third-order valence-corrected chi connectivity index (χ3v) is 3.30. The van der Waals surface area contributed by atoms with Crippen LogP contribution < -0.4 is 10.2 Å². The molecule has 1 rings (SSSR count). The molecule has 0 aromatic carbocycles. The molecule has 0 unspecified atom stereocenters. The van der Waals surface area contributed by atoms with Crippen molar-refractivity contribution >= 4 is 5.82 Å². The second-order valence-electron chi connectivity index (χ2n) is 5.68. The average molecular weight is 278 g/mol. The molecule has 0 bridgehead atoms. The molecule has 0 aliphatic rings. The minimum absolute atomic E-state index is 0.901. The van der Waals surface area contributed by atoms with E-state index < -0.39 is 0 Å². The highest BCUT2D eigenvalue weighted by Gasteiger charge is 2.07. The number of hydrogen-bond acceptors (Lipinski definition) is 4. The van der Waals surface area contributed by atoms with Gasteiger partial charge in [-0.2, -0.15) is 0 Å². The second-order valence-corrected chi connectivity index (χ2v) is 5.68. The van der Waals surface area contributed by atoms with E-state index in [0.717, 1.165) is 44.7 Å². The Morgan fingerprint density at radius 1 is 1.15 bits per heavy atom. The molecule has 1 N–H and O–H groups in total. The van der Waals surface area contributed by atoms with Gasteiger partial charge >= 0.3 is 0 Å². The molecule has 20 heavy (non-hydrogen) atoms. The molecule has 4 nitrogen and oxygen atoms in total. The fourth-order valence-electron chi connectivity index (χ4n) is 2.26. The Bertz CT molecular complexity index is 366. The molecule has 0 amide bonds. The van der Waals surface area contributed by atoms with Gasteiger partial charge in [0.15, 0.2) is 0 Å². The van der Waals surface area contributed by atoms with Gasteiger partial charge < -0.3 is 15.1 Å². The second kappa shape index (κ2) is 8.93. The zero-order valence-corrected chi connectivity index (χ0v) is 13.7. The van der Waals surface area contributed by atoms with Crippen LogP contribution >= 0.6 is 0 Å². The number of hydrogen-bond donors (Lipinski definition) is 1. The first-order valence-electron chi connectivity index (χ1n) is 7.57. The number of nitrogens with zero attached hydrogens (tertiary/aromatic N) is 3. The Morgan fingerprint density at radius 3 is 2.50 bits per heavy atom. The lowest BCUT2D eigenvalue weighted by Gasteiger charge is -2.21. The Labute approximate surface area is 124 Å². The molecule has 1 aromatic heterocycles. The third-order valence-electron chi connectivity index (χ3n) is 3.30. The van der Waals surface area contributed by atoms with E-state index in [2.05, 4.69) is 55.3 Å². The molecule has 0 aliphatic carbocycles. The predicted octanol–water partition coefficient (Wildman–Crippen LogP) is 2.14. The van der Waals surface area contributed by atoms with Crippen LogP contribution in [0.25, 0.3) is 0 Å². The first-order chi connectivity index (χ1) is 9.56. The van der Waals surface area contributed by atoms with Crippen molar-refractivity contribution in [1.82, 2.24) is 15.2 Å². The Balaban J connectivity index is 2.75. The van der Waals surface area contributed by atoms with E-state index in [9.17, 15) is 0 Å². The van der Waals surface area contributed by atoms with Crippen LogP contribution in [0.5, 0.6) is 0 Å². The summed E-state index contributed by atoms with van der Waals surface area (Å²) in [6, 6.07) is 4.42. The zero-order chi connectivity index (χ0) is 15.0. The van der Waals surface area contributed by atoms with Gasteiger partial charge in [0.05, 0.1) is 0 Å². The molecule has 0 saturated heterocycles. The van der Waals surface area contributed by atoms with Crippen LogP contribution in [0.2, 0.25) is 0 Å². The maximum absolute atomic E-state index is 4.79.